The molecule has 0 amide bonds. The lowest BCUT2D eigenvalue weighted by atomic mass is 9.89. The molecule has 4 nitrogen and oxygen atoms in total. The number of fused-ring (bicyclic) bond motifs is 1. The van der Waals surface area contributed by atoms with Crippen LogP contribution in [0.25, 0.3) is 0 Å². The molecule has 0 bridgehead atoms. The SMILES string of the molecule is COC(=O)CC1NC[C@@H]2OC(C)(C)C[C@H]12. The predicted octanol–water partition coefficient (Wildman–Crippen LogP) is 0.705. The monoisotopic (exact) mass is 213 g/mol. The highest BCUT2D eigenvalue weighted by atomic mass is 16.5. The average Bonchev–Trinajstić information content (AvgIpc) is 2.63. The van der Waals surface area contributed by atoms with E-state index in [1.807, 2.05) is 0 Å². The molecule has 0 radical (unpaired) electrons. The zero-order valence-electron chi connectivity index (χ0n) is 9.58. The number of esters is 1. The molecule has 3 atom stereocenters. The van der Waals surface area contributed by atoms with Gasteiger partial charge in [0.15, 0.2) is 0 Å². The summed E-state index contributed by atoms with van der Waals surface area (Å²) in [5, 5.41) is 3.34. The van der Waals surface area contributed by atoms with Crippen molar-refractivity contribution in [2.24, 2.45) is 5.92 Å². The number of rotatable bonds is 2. The third-order valence-electron chi connectivity index (χ3n) is 3.39. The van der Waals surface area contributed by atoms with Crippen molar-refractivity contribution in [3.63, 3.8) is 0 Å². The van der Waals surface area contributed by atoms with Gasteiger partial charge in [0.25, 0.3) is 0 Å². The van der Waals surface area contributed by atoms with E-state index in [0.29, 0.717) is 12.3 Å². The normalized spacial score (nSPS) is 37.7. The van der Waals surface area contributed by atoms with Gasteiger partial charge in [-0.05, 0) is 20.3 Å². The largest absolute Gasteiger partial charge is 0.469 e. The molecule has 0 spiro atoms. The molecule has 0 aromatic heterocycles. The van der Waals surface area contributed by atoms with Crippen LogP contribution < -0.4 is 5.32 Å². The Hall–Kier alpha value is -0.610. The minimum absolute atomic E-state index is 0.0359. The Kier molecular flexibility index (Phi) is 2.73. The Morgan fingerprint density at radius 2 is 2.33 bits per heavy atom. The second-order valence-electron chi connectivity index (χ2n) is 5.08. The van der Waals surface area contributed by atoms with E-state index in [-0.39, 0.29) is 23.7 Å². The number of carbonyl (C=O) groups is 1. The Morgan fingerprint density at radius 1 is 1.60 bits per heavy atom. The van der Waals surface area contributed by atoms with Gasteiger partial charge in [-0.15, -0.1) is 0 Å². The Bertz CT molecular complexity index is 265. The van der Waals surface area contributed by atoms with Gasteiger partial charge in [0, 0.05) is 18.5 Å². The van der Waals surface area contributed by atoms with Crippen LogP contribution in [0.5, 0.6) is 0 Å². The minimum atomic E-state index is -0.141. The lowest BCUT2D eigenvalue weighted by Crippen LogP contribution is -2.32. The van der Waals surface area contributed by atoms with Crippen LogP contribution in [0.4, 0.5) is 0 Å². The summed E-state index contributed by atoms with van der Waals surface area (Å²) < 4.78 is 10.6. The maximum absolute atomic E-state index is 11.2. The van der Waals surface area contributed by atoms with Crippen LogP contribution >= 0.6 is 0 Å². The molecule has 2 aliphatic heterocycles. The highest BCUT2D eigenvalue weighted by molar-refractivity contribution is 5.70. The second kappa shape index (κ2) is 3.76. The molecule has 0 aliphatic carbocycles. The first-order chi connectivity index (χ1) is 7.02. The van der Waals surface area contributed by atoms with E-state index in [1.165, 1.54) is 7.11 Å². The lowest BCUT2D eigenvalue weighted by molar-refractivity contribution is -0.141. The van der Waals surface area contributed by atoms with Crippen molar-refractivity contribution in [3.05, 3.63) is 0 Å². The summed E-state index contributed by atoms with van der Waals surface area (Å²) in [5.41, 5.74) is -0.0359. The van der Waals surface area contributed by atoms with E-state index in [1.54, 1.807) is 0 Å². The van der Waals surface area contributed by atoms with E-state index >= 15 is 0 Å². The summed E-state index contributed by atoms with van der Waals surface area (Å²) in [6.07, 6.45) is 1.75. The Balaban J connectivity index is 1.97. The van der Waals surface area contributed by atoms with Gasteiger partial charge in [-0.2, -0.15) is 0 Å². The highest BCUT2D eigenvalue weighted by Gasteiger charge is 2.48. The van der Waals surface area contributed by atoms with Crippen molar-refractivity contribution < 1.29 is 14.3 Å². The predicted molar refractivity (Wildman–Crippen MR) is 55.5 cm³/mol. The molecule has 2 saturated heterocycles. The number of carbonyl (C=O) groups excluding carboxylic acids is 1. The molecular formula is C11H19NO3. The van der Waals surface area contributed by atoms with Crippen molar-refractivity contribution in [1.29, 1.82) is 0 Å². The average molecular weight is 213 g/mol. The molecule has 4 heteroatoms. The van der Waals surface area contributed by atoms with E-state index < -0.39 is 0 Å². The third-order valence-corrected chi connectivity index (χ3v) is 3.39. The van der Waals surface area contributed by atoms with Crippen LogP contribution in [-0.4, -0.2) is 37.4 Å². The van der Waals surface area contributed by atoms with Crippen molar-refractivity contribution in [1.82, 2.24) is 5.32 Å². The molecule has 0 aromatic carbocycles. The number of hydrogen-bond acceptors (Lipinski definition) is 4. The van der Waals surface area contributed by atoms with E-state index in [0.717, 1.165) is 13.0 Å². The van der Waals surface area contributed by atoms with Gasteiger partial charge in [0.1, 0.15) is 0 Å². The molecule has 86 valence electrons. The van der Waals surface area contributed by atoms with Crippen LogP contribution in [0, 0.1) is 5.92 Å². The summed E-state index contributed by atoms with van der Waals surface area (Å²) in [6, 6.07) is 0.226. The first-order valence-electron chi connectivity index (χ1n) is 5.50. The highest BCUT2D eigenvalue weighted by Crippen LogP contribution is 2.39. The summed E-state index contributed by atoms with van der Waals surface area (Å²) in [5.74, 6) is 0.317. The molecule has 0 saturated carbocycles. The molecular weight excluding hydrogens is 194 g/mol. The second-order valence-corrected chi connectivity index (χ2v) is 5.08. The molecule has 2 heterocycles. The molecule has 2 rings (SSSR count). The molecule has 1 N–H and O–H groups in total. The van der Waals surface area contributed by atoms with Crippen LogP contribution in [0.1, 0.15) is 26.7 Å². The van der Waals surface area contributed by atoms with Gasteiger partial charge in [-0.3, -0.25) is 4.79 Å². The summed E-state index contributed by atoms with van der Waals surface area (Å²) in [4.78, 5) is 11.2. The van der Waals surface area contributed by atoms with Gasteiger partial charge in [0.05, 0.1) is 25.2 Å². The standard InChI is InChI=1S/C11H19NO3/c1-11(2)5-7-8(4-10(13)14-3)12-6-9(7)15-11/h7-9,12H,4-6H2,1-3H3/t7-,8?,9+/m1/s1. The minimum Gasteiger partial charge on any atom is -0.469 e. The molecule has 2 fully saturated rings. The van der Waals surface area contributed by atoms with Gasteiger partial charge in [-0.1, -0.05) is 0 Å². The van der Waals surface area contributed by atoms with Crippen molar-refractivity contribution >= 4 is 5.97 Å². The summed E-state index contributed by atoms with van der Waals surface area (Å²) >= 11 is 0. The fourth-order valence-corrected chi connectivity index (χ4v) is 2.74. The molecule has 15 heavy (non-hydrogen) atoms. The van der Waals surface area contributed by atoms with Crippen molar-refractivity contribution in [3.8, 4) is 0 Å². The fourth-order valence-electron chi connectivity index (χ4n) is 2.74. The smallest absolute Gasteiger partial charge is 0.307 e. The number of hydrogen-bond donors (Lipinski definition) is 1. The van der Waals surface area contributed by atoms with Crippen LogP contribution in [0.15, 0.2) is 0 Å². The number of methoxy groups -OCH3 is 1. The number of nitrogens with one attached hydrogen (secondary N) is 1. The maximum Gasteiger partial charge on any atom is 0.307 e. The van der Waals surface area contributed by atoms with Gasteiger partial charge < -0.3 is 14.8 Å². The Labute approximate surface area is 90.3 Å². The zero-order valence-corrected chi connectivity index (χ0v) is 9.58. The summed E-state index contributed by atoms with van der Waals surface area (Å²) in [7, 11) is 1.43. The summed E-state index contributed by atoms with van der Waals surface area (Å²) in [6.45, 7) is 5.08. The van der Waals surface area contributed by atoms with Crippen molar-refractivity contribution in [2.75, 3.05) is 13.7 Å². The first-order valence-corrected chi connectivity index (χ1v) is 5.50. The third kappa shape index (κ3) is 2.16. The number of ether oxygens (including phenoxy) is 2. The lowest BCUT2D eigenvalue weighted by Gasteiger charge is -2.20. The van der Waals surface area contributed by atoms with Gasteiger partial charge in [0.2, 0.25) is 0 Å². The van der Waals surface area contributed by atoms with Crippen LogP contribution in [0.3, 0.4) is 0 Å². The molecule has 0 aromatic rings. The van der Waals surface area contributed by atoms with Crippen LogP contribution in [-0.2, 0) is 14.3 Å². The quantitative estimate of drug-likeness (QED) is 0.686. The van der Waals surface area contributed by atoms with Gasteiger partial charge in [-0.25, -0.2) is 0 Å². The molecule has 1 unspecified atom stereocenters. The topological polar surface area (TPSA) is 47.6 Å². The van der Waals surface area contributed by atoms with E-state index in [9.17, 15) is 4.79 Å². The van der Waals surface area contributed by atoms with E-state index in [4.69, 9.17) is 9.47 Å². The zero-order chi connectivity index (χ0) is 11.1. The van der Waals surface area contributed by atoms with Crippen LogP contribution in [0.2, 0.25) is 0 Å². The van der Waals surface area contributed by atoms with Gasteiger partial charge >= 0.3 is 5.97 Å². The molecule has 2 aliphatic rings. The first kappa shape index (κ1) is 10.9. The Morgan fingerprint density at radius 3 is 3.00 bits per heavy atom. The maximum atomic E-state index is 11.2. The van der Waals surface area contributed by atoms with E-state index in [2.05, 4.69) is 19.2 Å². The fraction of sp³-hybridized carbons (Fsp3) is 0.909. The van der Waals surface area contributed by atoms with Crippen molar-refractivity contribution in [2.45, 2.75) is 44.4 Å².